The smallest absolute Gasteiger partial charge is 0.322 e. The summed E-state index contributed by atoms with van der Waals surface area (Å²) in [5.74, 6) is 0.107. The molecule has 6 nitrogen and oxygen atoms in total. The van der Waals surface area contributed by atoms with Gasteiger partial charge in [-0.25, -0.2) is 0 Å². The van der Waals surface area contributed by atoms with Crippen molar-refractivity contribution in [1.82, 2.24) is 15.5 Å². The molecule has 0 radical (unpaired) electrons. The number of nitrogens with zero attached hydrogens (tertiary/aromatic N) is 4. The van der Waals surface area contributed by atoms with Crippen LogP contribution in [0.5, 0.6) is 0 Å². The van der Waals surface area contributed by atoms with Crippen LogP contribution in [0.1, 0.15) is 19.2 Å². The monoisotopic (exact) mass is 369 g/mol. The molecule has 9 heteroatoms. The number of rotatable bonds is 5. The zero-order chi connectivity index (χ0) is 19.6. The first kappa shape index (κ1) is 21.4. The first-order valence-corrected chi connectivity index (χ1v) is 8.01. The summed E-state index contributed by atoms with van der Waals surface area (Å²) in [5.41, 5.74) is 1.46. The normalized spacial score (nSPS) is 15.3. The Morgan fingerprint density at radius 3 is 2.46 bits per heavy atom. The molecule has 1 N–H and O–H groups in total. The Labute approximate surface area is 150 Å². The Balaban J connectivity index is 0.000000321. The summed E-state index contributed by atoms with van der Waals surface area (Å²) in [7, 11) is 0. The molecule has 0 aromatic carbocycles. The number of aryl methyl sites for hydroxylation is 1. The summed E-state index contributed by atoms with van der Waals surface area (Å²) < 4.78 is 40.9. The highest BCUT2D eigenvalue weighted by atomic mass is 19.4. The van der Waals surface area contributed by atoms with E-state index in [9.17, 15) is 13.2 Å². The number of hydrogen-bond acceptors (Lipinski definition) is 6. The Hall–Kier alpha value is -2.60. The second-order valence-electron chi connectivity index (χ2n) is 5.46. The lowest BCUT2D eigenvalue weighted by atomic mass is 10.1. The zero-order valence-electron chi connectivity index (χ0n) is 14.6. The van der Waals surface area contributed by atoms with Crippen LogP contribution in [-0.4, -0.2) is 42.5 Å². The van der Waals surface area contributed by atoms with Crippen molar-refractivity contribution >= 4 is 6.01 Å². The van der Waals surface area contributed by atoms with Crippen molar-refractivity contribution in [1.29, 1.82) is 5.26 Å². The van der Waals surface area contributed by atoms with E-state index in [1.165, 1.54) is 6.08 Å². The summed E-state index contributed by atoms with van der Waals surface area (Å²) in [4.78, 5) is 5.82. The predicted octanol–water partition coefficient (Wildman–Crippen LogP) is 3.17. The second-order valence-corrected chi connectivity index (χ2v) is 5.46. The first-order valence-electron chi connectivity index (χ1n) is 8.01. The van der Waals surface area contributed by atoms with Crippen LogP contribution < -0.4 is 10.2 Å². The predicted molar refractivity (Wildman–Crippen MR) is 92.5 cm³/mol. The van der Waals surface area contributed by atoms with Gasteiger partial charge in [0.25, 0.3) is 0 Å². The lowest BCUT2D eigenvalue weighted by molar-refractivity contribution is -0.134. The molecule has 0 aliphatic carbocycles. The summed E-state index contributed by atoms with van der Waals surface area (Å²) in [6, 6.07) is 2.30. The van der Waals surface area contributed by atoms with E-state index in [1.54, 1.807) is 6.08 Å². The van der Waals surface area contributed by atoms with E-state index in [2.05, 4.69) is 28.6 Å². The molecule has 2 rings (SSSR count). The Morgan fingerprint density at radius 2 is 2.00 bits per heavy atom. The number of piperazine rings is 1. The number of halogens is 3. The maximum atomic E-state index is 12.0. The van der Waals surface area contributed by atoms with Gasteiger partial charge in [0.1, 0.15) is 0 Å². The van der Waals surface area contributed by atoms with Crippen LogP contribution >= 0.6 is 0 Å². The van der Waals surface area contributed by atoms with E-state index in [0.717, 1.165) is 31.8 Å². The molecule has 1 saturated heterocycles. The molecule has 1 aromatic heterocycles. The minimum Gasteiger partial charge on any atom is -0.322 e. The fraction of sp³-hybridized carbons (Fsp3) is 0.471. The molecule has 0 amide bonds. The van der Waals surface area contributed by atoms with Crippen molar-refractivity contribution < 1.29 is 17.7 Å². The number of hydrogen-bond donors (Lipinski definition) is 1. The largest absolute Gasteiger partial charge is 0.389 e. The van der Waals surface area contributed by atoms with Crippen molar-refractivity contribution in [3.05, 3.63) is 42.3 Å². The number of nitrogens with one attached hydrogen (secondary N) is 1. The van der Waals surface area contributed by atoms with Gasteiger partial charge in [-0.3, -0.25) is 0 Å². The van der Waals surface area contributed by atoms with Crippen LogP contribution in [0.4, 0.5) is 19.2 Å². The SMILES string of the molecule is C=C/C(C)=C(/C#N)C=C.FC(F)(F)CCc1noc(N2CCNCC2)n1. The van der Waals surface area contributed by atoms with Gasteiger partial charge in [-0.05, 0) is 12.5 Å². The fourth-order valence-corrected chi connectivity index (χ4v) is 1.99. The van der Waals surface area contributed by atoms with E-state index in [1.807, 2.05) is 17.9 Å². The van der Waals surface area contributed by atoms with Crippen molar-refractivity contribution in [3.8, 4) is 6.07 Å². The van der Waals surface area contributed by atoms with Gasteiger partial charge in [0.2, 0.25) is 0 Å². The molecule has 2 heterocycles. The van der Waals surface area contributed by atoms with Crippen LogP contribution in [0.25, 0.3) is 0 Å². The van der Waals surface area contributed by atoms with Gasteiger partial charge in [0.05, 0.1) is 18.1 Å². The van der Waals surface area contributed by atoms with Gasteiger partial charge >= 0.3 is 12.2 Å². The molecule has 0 spiro atoms. The maximum absolute atomic E-state index is 12.0. The molecule has 0 bridgehead atoms. The molecule has 0 atom stereocenters. The average Bonchev–Trinajstić information content (AvgIpc) is 3.11. The highest BCUT2D eigenvalue weighted by Gasteiger charge is 2.28. The van der Waals surface area contributed by atoms with Gasteiger partial charge in [-0.2, -0.15) is 23.4 Å². The molecule has 0 saturated carbocycles. The van der Waals surface area contributed by atoms with Gasteiger partial charge < -0.3 is 14.7 Å². The molecule has 1 aliphatic heterocycles. The number of aromatic nitrogens is 2. The lowest BCUT2D eigenvalue weighted by Gasteiger charge is -2.24. The number of nitriles is 1. The van der Waals surface area contributed by atoms with Crippen LogP contribution in [0.2, 0.25) is 0 Å². The highest BCUT2D eigenvalue weighted by molar-refractivity contribution is 5.39. The number of alkyl halides is 3. The molecule has 1 fully saturated rings. The highest BCUT2D eigenvalue weighted by Crippen LogP contribution is 2.22. The summed E-state index contributed by atoms with van der Waals surface area (Å²) in [6.45, 7) is 11.9. The third kappa shape index (κ3) is 7.53. The van der Waals surface area contributed by atoms with Crippen molar-refractivity contribution in [3.63, 3.8) is 0 Å². The Kier molecular flexibility index (Phi) is 8.58. The zero-order valence-corrected chi connectivity index (χ0v) is 14.6. The lowest BCUT2D eigenvalue weighted by Crippen LogP contribution is -2.43. The number of allylic oxidation sites excluding steroid dienone is 4. The van der Waals surface area contributed by atoms with Crippen molar-refractivity contribution in [2.45, 2.75) is 25.9 Å². The molecule has 26 heavy (non-hydrogen) atoms. The van der Waals surface area contributed by atoms with E-state index in [0.29, 0.717) is 11.6 Å². The quantitative estimate of drug-likeness (QED) is 0.634. The molecule has 0 unspecified atom stereocenters. The number of anilines is 1. The van der Waals surface area contributed by atoms with E-state index in [-0.39, 0.29) is 12.2 Å². The summed E-state index contributed by atoms with van der Waals surface area (Å²) in [5, 5.41) is 15.1. The van der Waals surface area contributed by atoms with Crippen LogP contribution in [-0.2, 0) is 6.42 Å². The van der Waals surface area contributed by atoms with E-state index < -0.39 is 12.6 Å². The fourth-order valence-electron chi connectivity index (χ4n) is 1.99. The topological polar surface area (TPSA) is 78.0 Å². The minimum absolute atomic E-state index is 0.107. The van der Waals surface area contributed by atoms with Crippen molar-refractivity contribution in [2.75, 3.05) is 31.1 Å². The molecule has 1 aliphatic rings. The molecular weight excluding hydrogens is 347 g/mol. The third-order valence-electron chi connectivity index (χ3n) is 3.53. The minimum atomic E-state index is -4.18. The van der Waals surface area contributed by atoms with Gasteiger partial charge in [-0.15, -0.1) is 0 Å². The standard InChI is InChI=1S/C9H13F3N4O.C8H9N/c10-9(11,12)2-1-7-14-8(17-15-7)16-5-3-13-4-6-16;1-4-7(3)8(5-2)6-9/h13H,1-6H2;4-5H,1-2H2,3H3/b;8-7+. The van der Waals surface area contributed by atoms with E-state index in [4.69, 9.17) is 9.78 Å². The Bertz CT molecular complexity index is 667. The molecular formula is C17H22F3N5O. The Morgan fingerprint density at radius 1 is 1.35 bits per heavy atom. The van der Waals surface area contributed by atoms with Crippen LogP contribution in [0.3, 0.4) is 0 Å². The molecule has 1 aromatic rings. The average molecular weight is 369 g/mol. The van der Waals surface area contributed by atoms with Crippen LogP contribution in [0, 0.1) is 11.3 Å². The van der Waals surface area contributed by atoms with Gasteiger partial charge in [-0.1, -0.05) is 30.5 Å². The van der Waals surface area contributed by atoms with Crippen LogP contribution in [0.15, 0.2) is 41.0 Å². The van der Waals surface area contributed by atoms with Gasteiger partial charge in [0.15, 0.2) is 5.82 Å². The van der Waals surface area contributed by atoms with Gasteiger partial charge in [0, 0.05) is 32.6 Å². The summed E-state index contributed by atoms with van der Waals surface area (Å²) in [6.07, 6.45) is -2.18. The second kappa shape index (κ2) is 10.4. The molecule has 142 valence electrons. The summed E-state index contributed by atoms with van der Waals surface area (Å²) >= 11 is 0. The van der Waals surface area contributed by atoms with E-state index >= 15 is 0 Å². The van der Waals surface area contributed by atoms with Crippen molar-refractivity contribution in [2.24, 2.45) is 0 Å². The maximum Gasteiger partial charge on any atom is 0.389 e. The third-order valence-corrected chi connectivity index (χ3v) is 3.53. The first-order chi connectivity index (χ1) is 12.3.